The summed E-state index contributed by atoms with van der Waals surface area (Å²) >= 11 is 6.02. The molecule has 3 aromatic carbocycles. The molecule has 1 aromatic heterocycles. The van der Waals surface area contributed by atoms with Gasteiger partial charge in [0.25, 0.3) is 11.8 Å². The molecule has 5 rings (SSSR count). The first kappa shape index (κ1) is 44.4. The first-order chi connectivity index (χ1) is 28.6. The Morgan fingerprint density at radius 2 is 1.45 bits per heavy atom. The number of aliphatic carboxylic acids is 1. The number of amides is 4. The van der Waals surface area contributed by atoms with Gasteiger partial charge in [-0.3, -0.25) is 19.2 Å². The summed E-state index contributed by atoms with van der Waals surface area (Å²) in [6, 6.07) is 17.5. The quantitative estimate of drug-likeness (QED) is 0.0585. The lowest BCUT2D eigenvalue weighted by Crippen LogP contribution is -2.40. The number of benzene rings is 3. The number of aromatic nitrogens is 3. The Kier molecular flexibility index (Phi) is 14.7. The van der Waals surface area contributed by atoms with Crippen molar-refractivity contribution in [2.24, 2.45) is 4.99 Å². The van der Waals surface area contributed by atoms with E-state index in [1.54, 1.807) is 12.1 Å². The van der Waals surface area contributed by atoms with E-state index in [4.69, 9.17) is 16.3 Å². The second-order valence-corrected chi connectivity index (χ2v) is 13.7. The number of nitrogens with zero attached hydrogens (tertiary/aromatic N) is 5. The van der Waals surface area contributed by atoms with Crippen LogP contribution in [0.25, 0.3) is 0 Å². The van der Waals surface area contributed by atoms with E-state index in [1.807, 2.05) is 26.0 Å². The molecule has 1 saturated carbocycles. The summed E-state index contributed by atoms with van der Waals surface area (Å²) in [4.78, 5) is 80.1. The van der Waals surface area contributed by atoms with Crippen molar-refractivity contribution < 1.29 is 47.0 Å². The van der Waals surface area contributed by atoms with Crippen molar-refractivity contribution in [3.8, 4) is 6.01 Å². The van der Waals surface area contributed by atoms with E-state index in [0.29, 0.717) is 36.5 Å². The first-order valence-electron chi connectivity index (χ1n) is 18.5. The number of carbonyl (C=O) groups is 5. The zero-order chi connectivity index (χ0) is 43.5. The van der Waals surface area contributed by atoms with Crippen LogP contribution < -0.4 is 31.3 Å². The molecular formula is C39H40ClF3N10O7. The Morgan fingerprint density at radius 3 is 2.05 bits per heavy atom. The van der Waals surface area contributed by atoms with E-state index >= 15 is 0 Å². The van der Waals surface area contributed by atoms with Gasteiger partial charge in [-0.15, -0.1) is 0 Å². The number of ether oxygens (including phenoxy) is 1. The Balaban J connectivity index is 1.17. The predicted molar refractivity (Wildman–Crippen MR) is 215 cm³/mol. The van der Waals surface area contributed by atoms with Gasteiger partial charge in [0.1, 0.15) is 5.71 Å². The van der Waals surface area contributed by atoms with Crippen LogP contribution >= 0.6 is 11.6 Å². The Bertz CT molecular complexity index is 2220. The molecule has 1 aliphatic carbocycles. The van der Waals surface area contributed by atoms with Gasteiger partial charge >= 0.3 is 30.0 Å². The van der Waals surface area contributed by atoms with Crippen LogP contribution in [0.1, 0.15) is 53.0 Å². The van der Waals surface area contributed by atoms with Crippen LogP contribution in [0.2, 0.25) is 5.02 Å². The van der Waals surface area contributed by atoms with Crippen molar-refractivity contribution >= 4 is 70.2 Å². The van der Waals surface area contributed by atoms with Gasteiger partial charge in [0, 0.05) is 40.6 Å². The molecule has 21 heteroatoms. The van der Waals surface area contributed by atoms with E-state index in [-0.39, 0.29) is 34.7 Å². The molecule has 1 fully saturated rings. The third-order valence-electron chi connectivity index (χ3n) is 8.98. The van der Waals surface area contributed by atoms with Gasteiger partial charge in [0.15, 0.2) is 6.61 Å². The largest absolute Gasteiger partial charge is 0.477 e. The fraction of sp³-hybridized carbons (Fsp3) is 0.308. The van der Waals surface area contributed by atoms with Crippen molar-refractivity contribution in [3.05, 3.63) is 94.5 Å². The molecule has 0 bridgehead atoms. The van der Waals surface area contributed by atoms with E-state index in [2.05, 4.69) is 51.4 Å². The molecule has 17 nitrogen and oxygen atoms in total. The number of rotatable bonds is 18. The molecule has 60 heavy (non-hydrogen) atoms. The zero-order valence-electron chi connectivity index (χ0n) is 32.2. The lowest BCUT2D eigenvalue weighted by Gasteiger charge is -2.19. The number of likely N-dealkylation sites (N-methyl/N-ethyl adjacent to an activating group) is 1. The maximum absolute atomic E-state index is 13.0. The van der Waals surface area contributed by atoms with Gasteiger partial charge in [-0.2, -0.15) is 28.1 Å². The zero-order valence-corrected chi connectivity index (χ0v) is 33.0. The summed E-state index contributed by atoms with van der Waals surface area (Å²) in [6.07, 6.45) is -3.30. The van der Waals surface area contributed by atoms with Crippen molar-refractivity contribution in [1.29, 1.82) is 0 Å². The van der Waals surface area contributed by atoms with Crippen molar-refractivity contribution in [2.45, 2.75) is 38.4 Å². The third kappa shape index (κ3) is 12.9. The highest BCUT2D eigenvalue weighted by Gasteiger charge is 2.45. The molecule has 1 aliphatic rings. The first-order valence-corrected chi connectivity index (χ1v) is 18.9. The number of carboxylic acids is 1. The van der Waals surface area contributed by atoms with Gasteiger partial charge in [-0.1, -0.05) is 37.6 Å². The normalized spacial score (nSPS) is 13.2. The number of anilines is 4. The van der Waals surface area contributed by atoms with Crippen LogP contribution in [-0.4, -0.2) is 106 Å². The fourth-order valence-corrected chi connectivity index (χ4v) is 5.68. The standard InChI is InChI=1S/C39H40ClF3N10O7/c1-3-53(4-2)20-19-44-30(54)23-5-13-27(14-6-23)46-33(57)32(56)45-21-29(34(58)59)48-31(55)24-7-15-28(16-8-24)47-35-49-36(51-37(50-35)60-22-39(41,42)43)52-38(17-18-38)25-9-11-26(40)12-10-25/h5-16H,3-4,17-22H2,1-2H3,(H,44,54)(H,45,56)(H,46,57)(H,58,59)(H2,47,49,50,51,52). The molecule has 1 heterocycles. The molecule has 0 saturated heterocycles. The number of halogens is 4. The molecule has 4 aromatic rings. The van der Waals surface area contributed by atoms with Crippen LogP contribution in [0, 0.1) is 0 Å². The van der Waals surface area contributed by atoms with E-state index in [1.165, 1.54) is 48.5 Å². The van der Waals surface area contributed by atoms with Gasteiger partial charge < -0.3 is 41.3 Å². The van der Waals surface area contributed by atoms with Gasteiger partial charge in [-0.05, 0) is 92.2 Å². The van der Waals surface area contributed by atoms with E-state index < -0.39 is 60.3 Å². The minimum Gasteiger partial charge on any atom is -0.477 e. The van der Waals surface area contributed by atoms with Crippen LogP contribution in [-0.2, 0) is 19.9 Å². The minimum atomic E-state index is -4.67. The number of aliphatic imine (C=N–C) groups is 1. The summed E-state index contributed by atoms with van der Waals surface area (Å²) < 4.78 is 43.7. The smallest absolute Gasteiger partial charge is 0.422 e. The summed E-state index contributed by atoms with van der Waals surface area (Å²) in [5.74, 6) is -5.56. The number of alkyl halides is 3. The average Bonchev–Trinajstić information content (AvgIpc) is 4.00. The van der Waals surface area contributed by atoms with Crippen LogP contribution in [0.3, 0.4) is 0 Å². The van der Waals surface area contributed by atoms with Crippen molar-refractivity contribution in [2.75, 3.05) is 55.3 Å². The number of carboxylic acid groups (broad SMARTS) is 1. The number of carbonyl (C=O) groups excluding carboxylic acids is 4. The highest BCUT2D eigenvalue weighted by Crippen LogP contribution is 2.48. The van der Waals surface area contributed by atoms with Gasteiger partial charge in [0.05, 0.1) is 12.1 Å². The highest BCUT2D eigenvalue weighted by atomic mass is 35.5. The number of nitrogens with one attached hydrogen (secondary N) is 5. The molecule has 6 N–H and O–H groups in total. The Morgan fingerprint density at radius 1 is 0.833 bits per heavy atom. The minimum absolute atomic E-state index is 0.0686. The number of hydrogen-bond donors (Lipinski definition) is 6. The third-order valence-corrected chi connectivity index (χ3v) is 9.24. The molecule has 0 radical (unpaired) electrons. The summed E-state index contributed by atoms with van der Waals surface area (Å²) in [6.45, 7) is 4.46. The predicted octanol–water partition coefficient (Wildman–Crippen LogP) is 4.80. The monoisotopic (exact) mass is 852 g/mol. The average molecular weight is 853 g/mol. The molecule has 0 aliphatic heterocycles. The van der Waals surface area contributed by atoms with Crippen molar-refractivity contribution in [1.82, 2.24) is 30.5 Å². The second kappa shape index (κ2) is 19.9. The summed E-state index contributed by atoms with van der Waals surface area (Å²) in [7, 11) is 0. The fourth-order valence-electron chi connectivity index (χ4n) is 5.55. The Hall–Kier alpha value is -6.67. The van der Waals surface area contributed by atoms with E-state index in [0.717, 1.165) is 18.7 Å². The van der Waals surface area contributed by atoms with Crippen LogP contribution in [0.4, 0.5) is 36.4 Å². The molecule has 0 atom stereocenters. The molecular weight excluding hydrogens is 813 g/mol. The van der Waals surface area contributed by atoms with Crippen LogP contribution in [0.15, 0.2) is 77.8 Å². The maximum Gasteiger partial charge on any atom is 0.422 e. The lowest BCUT2D eigenvalue weighted by atomic mass is 10.1. The topological polar surface area (TPSA) is 229 Å². The second-order valence-electron chi connectivity index (χ2n) is 13.3. The highest BCUT2D eigenvalue weighted by molar-refractivity contribution is 6.42. The number of hydrogen-bond acceptors (Lipinski definition) is 12. The SMILES string of the molecule is CCN(CC)CCNC(=O)c1ccc(NC(=O)C(=O)NCC(=NC(=O)c2ccc(Nc3nc(NC4(c5ccc(Cl)cc5)CC4)nc(OCC(F)(F)F)n3)cc2)C(=O)O)cc1. The van der Waals surface area contributed by atoms with Crippen LogP contribution in [0.5, 0.6) is 6.01 Å². The molecule has 0 unspecified atom stereocenters. The van der Waals surface area contributed by atoms with E-state index in [9.17, 15) is 42.3 Å². The summed E-state index contributed by atoms with van der Waals surface area (Å²) in [5.41, 5.74) is 0.232. The Labute approximate surface area is 346 Å². The molecule has 316 valence electrons. The lowest BCUT2D eigenvalue weighted by molar-refractivity contribution is -0.154. The summed E-state index contributed by atoms with van der Waals surface area (Å²) in [5, 5.41) is 23.4. The van der Waals surface area contributed by atoms with Crippen molar-refractivity contribution in [3.63, 3.8) is 0 Å². The van der Waals surface area contributed by atoms with Gasteiger partial charge in [0.2, 0.25) is 11.9 Å². The maximum atomic E-state index is 13.0. The molecule has 4 amide bonds. The van der Waals surface area contributed by atoms with Gasteiger partial charge in [-0.25, -0.2) is 9.79 Å². The molecule has 0 spiro atoms.